The summed E-state index contributed by atoms with van der Waals surface area (Å²) >= 11 is 0. The van der Waals surface area contributed by atoms with Gasteiger partial charge >= 0.3 is 0 Å². The van der Waals surface area contributed by atoms with Crippen LogP contribution in [-0.2, 0) is 33.2 Å². The lowest BCUT2D eigenvalue weighted by Gasteiger charge is -2.48. The van der Waals surface area contributed by atoms with E-state index < -0.39 is 124 Å². The highest BCUT2D eigenvalue weighted by atomic mass is 16.8. The van der Waals surface area contributed by atoms with E-state index in [1.54, 1.807) is 0 Å². The summed E-state index contributed by atoms with van der Waals surface area (Å²) in [6.45, 7) is 1.74. The fourth-order valence-corrected chi connectivity index (χ4v) is 11.6. The van der Waals surface area contributed by atoms with Gasteiger partial charge in [-0.3, -0.25) is 4.79 Å². The molecule has 0 aromatic heterocycles. The SMILES string of the molecule is CCCCCCCCCCCCCCCCCCCCCCCCCCCCCCCCC(=O)NC(COC1OC(CO)C(OC2OC(CO)C(OC3OC(CO)C(O)C(O)C3O)C(O)C2O)C(O)C1O)C(O)CCCCCCCC. The third-order valence-corrected chi connectivity index (χ3v) is 16.9. The molecule has 12 N–H and O–H groups in total. The van der Waals surface area contributed by atoms with Crippen molar-refractivity contribution in [2.75, 3.05) is 26.4 Å². The monoisotopic (exact) mass is 1170 g/mol. The van der Waals surface area contributed by atoms with E-state index in [2.05, 4.69) is 19.2 Å². The molecule has 0 aliphatic carbocycles. The molecule has 17 unspecified atom stereocenters. The Labute approximate surface area is 487 Å². The molecule has 3 heterocycles. The summed E-state index contributed by atoms with van der Waals surface area (Å²) in [6, 6.07) is -0.878. The zero-order valence-electron chi connectivity index (χ0n) is 50.3. The molecule has 19 nitrogen and oxygen atoms in total. The Morgan fingerprint density at radius 3 is 1.07 bits per heavy atom. The second-order valence-electron chi connectivity index (χ2n) is 23.9. The topological polar surface area (TPSA) is 307 Å². The number of carbonyl (C=O) groups excluding carboxylic acids is 1. The van der Waals surface area contributed by atoms with Crippen LogP contribution < -0.4 is 5.32 Å². The number of hydrogen-bond donors (Lipinski definition) is 12. The molecule has 1 amide bonds. The molecule has 3 aliphatic heterocycles. The lowest BCUT2D eigenvalue weighted by atomic mass is 9.96. The Kier molecular flexibility index (Phi) is 42.1. The summed E-state index contributed by atoms with van der Waals surface area (Å²) in [7, 11) is 0. The quantitative estimate of drug-likeness (QED) is 0.0269. The van der Waals surface area contributed by atoms with Crippen LogP contribution >= 0.6 is 0 Å². The number of aliphatic hydroxyl groups is 11. The lowest BCUT2D eigenvalue weighted by molar-refractivity contribution is -0.379. The molecule has 0 radical (unpaired) electrons. The molecule has 17 atom stereocenters. The first kappa shape index (κ1) is 74.0. The van der Waals surface area contributed by atoms with Crippen molar-refractivity contribution in [3.63, 3.8) is 0 Å². The number of carbonyl (C=O) groups is 1. The van der Waals surface area contributed by atoms with E-state index >= 15 is 0 Å². The van der Waals surface area contributed by atoms with Crippen LogP contribution in [-0.4, -0.2) is 193 Å². The van der Waals surface area contributed by atoms with E-state index in [0.717, 1.165) is 57.8 Å². The van der Waals surface area contributed by atoms with Crippen LogP contribution in [0.4, 0.5) is 0 Å². The van der Waals surface area contributed by atoms with Gasteiger partial charge in [-0.2, -0.15) is 0 Å². The van der Waals surface area contributed by atoms with Gasteiger partial charge in [-0.25, -0.2) is 0 Å². The van der Waals surface area contributed by atoms with Gasteiger partial charge in [-0.1, -0.05) is 239 Å². The van der Waals surface area contributed by atoms with Crippen molar-refractivity contribution in [1.29, 1.82) is 0 Å². The Bertz CT molecular complexity index is 1490. The van der Waals surface area contributed by atoms with E-state index in [9.17, 15) is 61.0 Å². The van der Waals surface area contributed by atoms with Crippen molar-refractivity contribution in [2.24, 2.45) is 0 Å². The summed E-state index contributed by atoms with van der Waals surface area (Å²) in [6.07, 6.45) is 19.9. The van der Waals surface area contributed by atoms with Crippen LogP contribution in [0.5, 0.6) is 0 Å². The second kappa shape index (κ2) is 46.0. The molecule has 19 heteroatoms. The van der Waals surface area contributed by atoms with Crippen molar-refractivity contribution in [1.82, 2.24) is 5.32 Å². The molecule has 0 aromatic carbocycles. The summed E-state index contributed by atoms with van der Waals surface area (Å²) in [5, 5.41) is 120. The van der Waals surface area contributed by atoms with E-state index in [1.807, 2.05) is 0 Å². The smallest absolute Gasteiger partial charge is 0.220 e. The van der Waals surface area contributed by atoms with Crippen LogP contribution in [0.1, 0.15) is 258 Å². The normalized spacial score (nSPS) is 29.7. The van der Waals surface area contributed by atoms with E-state index in [4.69, 9.17) is 28.4 Å². The second-order valence-corrected chi connectivity index (χ2v) is 23.9. The van der Waals surface area contributed by atoms with Crippen molar-refractivity contribution in [3.8, 4) is 0 Å². The van der Waals surface area contributed by atoms with Crippen molar-refractivity contribution >= 4 is 5.91 Å². The van der Waals surface area contributed by atoms with Gasteiger partial charge < -0.3 is 89.9 Å². The first-order chi connectivity index (χ1) is 39.3. The Balaban J connectivity index is 1.30. The molecule has 81 heavy (non-hydrogen) atoms. The van der Waals surface area contributed by atoms with Crippen LogP contribution in [0.3, 0.4) is 0 Å². The Morgan fingerprint density at radius 1 is 0.395 bits per heavy atom. The molecule has 0 spiro atoms. The Hall–Kier alpha value is -1.21. The minimum Gasteiger partial charge on any atom is -0.394 e. The molecule has 3 fully saturated rings. The first-order valence-electron chi connectivity index (χ1n) is 32.8. The molecule has 3 saturated heterocycles. The van der Waals surface area contributed by atoms with Gasteiger partial charge in [0.25, 0.3) is 0 Å². The number of aliphatic hydroxyl groups excluding tert-OH is 11. The van der Waals surface area contributed by atoms with E-state index in [-0.39, 0.29) is 18.9 Å². The maximum atomic E-state index is 13.3. The highest BCUT2D eigenvalue weighted by Gasteiger charge is 2.53. The third-order valence-electron chi connectivity index (χ3n) is 16.9. The predicted molar refractivity (Wildman–Crippen MR) is 310 cm³/mol. The van der Waals surface area contributed by atoms with Crippen LogP contribution in [0.2, 0.25) is 0 Å². The largest absolute Gasteiger partial charge is 0.394 e. The van der Waals surface area contributed by atoms with Gasteiger partial charge in [0.2, 0.25) is 5.91 Å². The minimum atomic E-state index is -1.97. The molecule has 0 saturated carbocycles. The predicted octanol–water partition coefficient (Wildman–Crippen LogP) is 7.16. The van der Waals surface area contributed by atoms with Crippen LogP contribution in [0.15, 0.2) is 0 Å². The van der Waals surface area contributed by atoms with Crippen molar-refractivity contribution in [2.45, 2.75) is 362 Å². The molecule has 3 aliphatic rings. The van der Waals surface area contributed by atoms with Crippen LogP contribution in [0, 0.1) is 0 Å². The maximum Gasteiger partial charge on any atom is 0.220 e. The van der Waals surface area contributed by atoms with Crippen LogP contribution in [0.25, 0.3) is 0 Å². The fraction of sp³-hybridized carbons (Fsp3) is 0.984. The van der Waals surface area contributed by atoms with E-state index in [1.165, 1.54) is 167 Å². The number of amides is 1. The van der Waals surface area contributed by atoms with Gasteiger partial charge in [0.1, 0.15) is 73.2 Å². The summed E-state index contributed by atoms with van der Waals surface area (Å²) < 4.78 is 34.2. The van der Waals surface area contributed by atoms with Gasteiger partial charge in [0.05, 0.1) is 38.6 Å². The molecule has 480 valence electrons. The van der Waals surface area contributed by atoms with E-state index in [0.29, 0.717) is 12.8 Å². The molecular formula is C62H119NO18. The zero-order valence-corrected chi connectivity index (χ0v) is 50.3. The van der Waals surface area contributed by atoms with Crippen molar-refractivity contribution in [3.05, 3.63) is 0 Å². The zero-order chi connectivity index (χ0) is 59.0. The Morgan fingerprint density at radius 2 is 0.704 bits per heavy atom. The molecule has 0 bridgehead atoms. The van der Waals surface area contributed by atoms with Crippen molar-refractivity contribution < 1.29 is 89.4 Å². The number of rotatable bonds is 50. The number of hydrogen-bond acceptors (Lipinski definition) is 18. The third kappa shape index (κ3) is 29.4. The highest BCUT2D eigenvalue weighted by Crippen LogP contribution is 2.33. The summed E-state index contributed by atoms with van der Waals surface area (Å²) in [4.78, 5) is 13.3. The standard InChI is InChI=1S/C62H119NO18/c1-3-5-7-9-11-12-13-14-15-16-17-18-19-20-21-22-23-24-25-26-27-28-29-30-31-32-33-34-36-38-40-50(68)63-45(46(67)39-37-35-10-8-6-4-2)44-76-60-56(74)53(71)58(48(42-65)78-60)81-62-57(75)54(72)59(49(43-66)79-62)80-61-55(73)52(70)51(69)47(41-64)77-61/h45-49,51-62,64-67,69-75H,3-44H2,1-2H3,(H,63,68). The first-order valence-corrected chi connectivity index (χ1v) is 32.8. The summed E-state index contributed by atoms with van der Waals surface area (Å²) in [5.74, 6) is -0.243. The average Bonchev–Trinajstić information content (AvgIpc) is 3.51. The number of unbranched alkanes of at least 4 members (excludes halogenated alkanes) is 34. The average molecular weight is 1170 g/mol. The van der Waals surface area contributed by atoms with Gasteiger partial charge in [-0.15, -0.1) is 0 Å². The van der Waals surface area contributed by atoms with Gasteiger partial charge in [0.15, 0.2) is 18.9 Å². The van der Waals surface area contributed by atoms with Gasteiger partial charge in [0, 0.05) is 6.42 Å². The fourth-order valence-electron chi connectivity index (χ4n) is 11.6. The molecular weight excluding hydrogens is 1050 g/mol. The summed E-state index contributed by atoms with van der Waals surface area (Å²) in [5.41, 5.74) is 0. The number of nitrogens with one attached hydrogen (secondary N) is 1. The maximum absolute atomic E-state index is 13.3. The molecule has 0 aromatic rings. The molecule has 3 rings (SSSR count). The van der Waals surface area contributed by atoms with Gasteiger partial charge in [-0.05, 0) is 12.8 Å². The minimum absolute atomic E-state index is 0.243. The highest BCUT2D eigenvalue weighted by molar-refractivity contribution is 5.76. The number of ether oxygens (including phenoxy) is 6. The lowest BCUT2D eigenvalue weighted by Crippen LogP contribution is -2.66.